The van der Waals surface area contributed by atoms with E-state index in [1.54, 1.807) is 6.20 Å². The number of halogens is 2. The molecule has 0 aromatic carbocycles. The van der Waals surface area contributed by atoms with Crippen LogP contribution in [0, 0.1) is 0 Å². The van der Waals surface area contributed by atoms with Crippen LogP contribution in [0.3, 0.4) is 0 Å². The Kier molecular flexibility index (Phi) is 5.98. The van der Waals surface area contributed by atoms with Crippen LogP contribution in [0.1, 0.15) is 19.3 Å². The van der Waals surface area contributed by atoms with Gasteiger partial charge in [-0.25, -0.2) is 4.98 Å². The maximum absolute atomic E-state index is 8.60. The first kappa shape index (κ1) is 12.7. The van der Waals surface area contributed by atoms with Crippen LogP contribution in [0.15, 0.2) is 16.7 Å². The van der Waals surface area contributed by atoms with E-state index in [0.717, 1.165) is 36.1 Å². The number of nitrogens with zero attached hydrogens (tertiary/aromatic N) is 1. The summed E-state index contributed by atoms with van der Waals surface area (Å²) in [7, 11) is 0. The topological polar surface area (TPSA) is 45.1 Å². The predicted octanol–water partition coefficient (Wildman–Crippen LogP) is 3.07. The van der Waals surface area contributed by atoms with Gasteiger partial charge in [-0.2, -0.15) is 0 Å². The van der Waals surface area contributed by atoms with Crippen molar-refractivity contribution in [1.82, 2.24) is 4.98 Å². The average molecular weight is 294 g/mol. The summed E-state index contributed by atoms with van der Waals surface area (Å²) >= 11 is 9.15. The van der Waals surface area contributed by atoms with Crippen molar-refractivity contribution in [3.05, 3.63) is 21.8 Å². The number of nitrogens with one attached hydrogen (secondary N) is 1. The zero-order chi connectivity index (χ0) is 11.1. The average Bonchev–Trinajstić information content (AvgIpc) is 2.20. The van der Waals surface area contributed by atoms with Crippen molar-refractivity contribution in [2.75, 3.05) is 18.5 Å². The van der Waals surface area contributed by atoms with Crippen molar-refractivity contribution in [3.8, 4) is 0 Å². The molecule has 0 amide bonds. The number of pyridine rings is 1. The van der Waals surface area contributed by atoms with E-state index < -0.39 is 0 Å². The van der Waals surface area contributed by atoms with E-state index in [4.69, 9.17) is 16.7 Å². The van der Waals surface area contributed by atoms with E-state index in [2.05, 4.69) is 26.2 Å². The Morgan fingerprint density at radius 3 is 2.87 bits per heavy atom. The van der Waals surface area contributed by atoms with Crippen molar-refractivity contribution in [3.63, 3.8) is 0 Å². The van der Waals surface area contributed by atoms with Gasteiger partial charge in [-0.05, 0) is 41.3 Å². The van der Waals surface area contributed by atoms with Gasteiger partial charge in [-0.1, -0.05) is 11.6 Å². The molecule has 0 spiro atoms. The van der Waals surface area contributed by atoms with Gasteiger partial charge < -0.3 is 10.4 Å². The highest BCUT2D eigenvalue weighted by Gasteiger charge is 2.00. The molecule has 1 heterocycles. The summed E-state index contributed by atoms with van der Waals surface area (Å²) in [5, 5.41) is 12.4. The van der Waals surface area contributed by atoms with Gasteiger partial charge in [0.25, 0.3) is 0 Å². The highest BCUT2D eigenvalue weighted by molar-refractivity contribution is 9.10. The molecule has 0 saturated carbocycles. The fourth-order valence-electron chi connectivity index (χ4n) is 1.17. The molecule has 15 heavy (non-hydrogen) atoms. The predicted molar refractivity (Wildman–Crippen MR) is 66.4 cm³/mol. The lowest BCUT2D eigenvalue weighted by Crippen LogP contribution is -2.04. The molecular weight excluding hydrogens is 279 g/mol. The van der Waals surface area contributed by atoms with Crippen molar-refractivity contribution in [1.29, 1.82) is 0 Å². The highest BCUT2D eigenvalue weighted by atomic mass is 79.9. The van der Waals surface area contributed by atoms with Gasteiger partial charge in [0.05, 0.1) is 9.50 Å². The SMILES string of the molecule is OCCCCCNc1ncc(Cl)cc1Br. The van der Waals surface area contributed by atoms with Crippen LogP contribution in [0.2, 0.25) is 5.02 Å². The number of aliphatic hydroxyl groups is 1. The summed E-state index contributed by atoms with van der Waals surface area (Å²) in [6.45, 7) is 1.12. The normalized spacial score (nSPS) is 10.3. The van der Waals surface area contributed by atoms with E-state index >= 15 is 0 Å². The molecule has 3 nitrogen and oxygen atoms in total. The fourth-order valence-corrected chi connectivity index (χ4v) is 1.94. The molecule has 5 heteroatoms. The van der Waals surface area contributed by atoms with Crippen LogP contribution >= 0.6 is 27.5 Å². The number of anilines is 1. The van der Waals surface area contributed by atoms with E-state index in [-0.39, 0.29) is 6.61 Å². The minimum absolute atomic E-state index is 0.267. The summed E-state index contributed by atoms with van der Waals surface area (Å²) in [5.41, 5.74) is 0. The van der Waals surface area contributed by atoms with Crippen molar-refractivity contribution in [2.24, 2.45) is 0 Å². The molecule has 1 rings (SSSR count). The summed E-state index contributed by atoms with van der Waals surface area (Å²) < 4.78 is 0.872. The van der Waals surface area contributed by atoms with Gasteiger partial charge in [0.2, 0.25) is 0 Å². The van der Waals surface area contributed by atoms with Crippen LogP contribution in [0.5, 0.6) is 0 Å². The largest absolute Gasteiger partial charge is 0.396 e. The number of unbranched alkanes of at least 4 members (excludes halogenated alkanes) is 2. The van der Waals surface area contributed by atoms with Crippen LogP contribution in [-0.2, 0) is 0 Å². The fraction of sp³-hybridized carbons (Fsp3) is 0.500. The Morgan fingerprint density at radius 2 is 2.20 bits per heavy atom. The lowest BCUT2D eigenvalue weighted by molar-refractivity contribution is 0.283. The van der Waals surface area contributed by atoms with Gasteiger partial charge >= 0.3 is 0 Å². The molecule has 2 N–H and O–H groups in total. The molecule has 0 bridgehead atoms. The van der Waals surface area contributed by atoms with Gasteiger partial charge in [0, 0.05) is 19.3 Å². The molecule has 0 aliphatic carbocycles. The van der Waals surface area contributed by atoms with Crippen LogP contribution < -0.4 is 5.32 Å². The second kappa shape index (κ2) is 7.04. The van der Waals surface area contributed by atoms with E-state index in [1.165, 1.54) is 0 Å². The van der Waals surface area contributed by atoms with Crippen LogP contribution in [0.25, 0.3) is 0 Å². The Hall–Kier alpha value is -0.320. The molecular formula is C10H14BrClN2O. The maximum atomic E-state index is 8.60. The molecule has 0 fully saturated rings. The first-order valence-corrected chi connectivity index (χ1v) is 6.07. The van der Waals surface area contributed by atoms with Crippen LogP contribution in [0.4, 0.5) is 5.82 Å². The zero-order valence-corrected chi connectivity index (χ0v) is 10.7. The number of aromatic nitrogens is 1. The molecule has 0 atom stereocenters. The zero-order valence-electron chi connectivity index (χ0n) is 8.34. The second-order valence-corrected chi connectivity index (χ2v) is 4.49. The molecule has 0 aliphatic heterocycles. The van der Waals surface area contributed by atoms with Gasteiger partial charge in [-0.15, -0.1) is 0 Å². The van der Waals surface area contributed by atoms with Crippen molar-refractivity contribution in [2.45, 2.75) is 19.3 Å². The van der Waals surface area contributed by atoms with Crippen molar-refractivity contribution >= 4 is 33.3 Å². The summed E-state index contributed by atoms with van der Waals surface area (Å²) in [5.74, 6) is 0.809. The monoisotopic (exact) mass is 292 g/mol. The second-order valence-electron chi connectivity index (χ2n) is 3.20. The Labute approximate surface area is 103 Å². The van der Waals surface area contributed by atoms with Gasteiger partial charge in [0.1, 0.15) is 5.82 Å². The third kappa shape index (κ3) is 4.82. The quantitative estimate of drug-likeness (QED) is 0.792. The van der Waals surface area contributed by atoms with Crippen molar-refractivity contribution < 1.29 is 5.11 Å². The minimum atomic E-state index is 0.267. The molecule has 0 radical (unpaired) electrons. The molecule has 0 aliphatic rings. The Morgan fingerprint density at radius 1 is 1.40 bits per heavy atom. The number of aliphatic hydroxyl groups excluding tert-OH is 1. The smallest absolute Gasteiger partial charge is 0.140 e. The van der Waals surface area contributed by atoms with E-state index in [1.807, 2.05) is 6.07 Å². The highest BCUT2D eigenvalue weighted by Crippen LogP contribution is 2.22. The maximum Gasteiger partial charge on any atom is 0.140 e. The minimum Gasteiger partial charge on any atom is -0.396 e. The van der Waals surface area contributed by atoms with E-state index in [9.17, 15) is 0 Å². The molecule has 0 saturated heterocycles. The lowest BCUT2D eigenvalue weighted by atomic mass is 10.2. The first-order valence-electron chi connectivity index (χ1n) is 4.90. The van der Waals surface area contributed by atoms with E-state index in [0.29, 0.717) is 5.02 Å². The molecule has 1 aromatic heterocycles. The van der Waals surface area contributed by atoms with Gasteiger partial charge in [0.15, 0.2) is 0 Å². The number of rotatable bonds is 6. The Balaban J connectivity index is 2.31. The number of hydrogen-bond donors (Lipinski definition) is 2. The van der Waals surface area contributed by atoms with Crippen LogP contribution in [-0.4, -0.2) is 23.2 Å². The third-order valence-corrected chi connectivity index (χ3v) is 2.75. The summed E-state index contributed by atoms with van der Waals surface area (Å²) in [6.07, 6.45) is 4.52. The summed E-state index contributed by atoms with van der Waals surface area (Å²) in [4.78, 5) is 4.16. The number of hydrogen-bond acceptors (Lipinski definition) is 3. The summed E-state index contributed by atoms with van der Waals surface area (Å²) in [6, 6.07) is 1.81. The first-order chi connectivity index (χ1) is 7.24. The lowest BCUT2D eigenvalue weighted by Gasteiger charge is -2.07. The Bertz CT molecular complexity index is 309. The third-order valence-electron chi connectivity index (χ3n) is 1.94. The molecule has 1 aromatic rings. The van der Waals surface area contributed by atoms with Gasteiger partial charge in [-0.3, -0.25) is 0 Å². The molecule has 0 unspecified atom stereocenters. The molecule has 84 valence electrons. The standard InChI is InChI=1S/C10H14BrClN2O/c11-9-6-8(12)7-14-10(9)13-4-2-1-3-5-15/h6-7,15H,1-5H2,(H,13,14).